The van der Waals surface area contributed by atoms with Gasteiger partial charge in [-0.25, -0.2) is 0 Å². The third-order valence-electron chi connectivity index (χ3n) is 4.88. The van der Waals surface area contributed by atoms with Crippen LogP contribution in [0, 0.1) is 12.8 Å². The first-order chi connectivity index (χ1) is 11.0. The summed E-state index contributed by atoms with van der Waals surface area (Å²) in [6.07, 6.45) is 2.58. The van der Waals surface area contributed by atoms with Crippen molar-refractivity contribution in [1.29, 1.82) is 0 Å². The van der Waals surface area contributed by atoms with Gasteiger partial charge in [0.15, 0.2) is 0 Å². The molecule has 128 valence electrons. The third-order valence-corrected chi connectivity index (χ3v) is 4.88. The number of aryl methyl sites for hydroxylation is 1. The van der Waals surface area contributed by atoms with E-state index < -0.39 is 0 Å². The molecule has 0 saturated carbocycles. The topological polar surface area (TPSA) is 32.8 Å². The van der Waals surface area contributed by atoms with E-state index in [-0.39, 0.29) is 5.97 Å². The molecule has 4 nitrogen and oxygen atoms in total. The summed E-state index contributed by atoms with van der Waals surface area (Å²) in [5, 5.41) is 0. The number of carbonyl (C=O) groups is 1. The van der Waals surface area contributed by atoms with E-state index in [0.29, 0.717) is 18.4 Å². The van der Waals surface area contributed by atoms with E-state index in [1.807, 2.05) is 0 Å². The first kappa shape index (κ1) is 18.0. The van der Waals surface area contributed by atoms with E-state index in [1.165, 1.54) is 18.2 Å². The molecule has 0 N–H and O–H groups in total. The number of benzene rings is 1. The van der Waals surface area contributed by atoms with Crippen molar-refractivity contribution in [2.24, 2.45) is 5.92 Å². The Morgan fingerprint density at radius 1 is 1.39 bits per heavy atom. The molecule has 0 spiro atoms. The monoisotopic (exact) mass is 318 g/mol. The Morgan fingerprint density at radius 3 is 2.83 bits per heavy atom. The Bertz CT molecular complexity index is 516. The van der Waals surface area contributed by atoms with Crippen LogP contribution in [0.15, 0.2) is 24.3 Å². The third kappa shape index (κ3) is 5.33. The van der Waals surface area contributed by atoms with Crippen LogP contribution in [0.3, 0.4) is 0 Å². The van der Waals surface area contributed by atoms with Gasteiger partial charge in [0.2, 0.25) is 0 Å². The van der Waals surface area contributed by atoms with Crippen LogP contribution in [-0.4, -0.2) is 56.1 Å². The molecule has 1 aromatic rings. The summed E-state index contributed by atoms with van der Waals surface area (Å²) >= 11 is 0. The predicted molar refractivity (Wildman–Crippen MR) is 93.3 cm³/mol. The molecule has 0 amide bonds. The largest absolute Gasteiger partial charge is 0.469 e. The second kappa shape index (κ2) is 8.46. The Hall–Kier alpha value is -1.39. The molecule has 0 bridgehead atoms. The molecule has 1 fully saturated rings. The van der Waals surface area contributed by atoms with Crippen molar-refractivity contribution < 1.29 is 9.53 Å². The van der Waals surface area contributed by atoms with E-state index in [9.17, 15) is 4.79 Å². The average Bonchev–Trinajstić information content (AvgIpc) is 2.52. The molecule has 2 rings (SSSR count). The van der Waals surface area contributed by atoms with Gasteiger partial charge < -0.3 is 9.64 Å². The van der Waals surface area contributed by atoms with Crippen LogP contribution in [0.5, 0.6) is 0 Å². The number of rotatable bonds is 6. The van der Waals surface area contributed by atoms with Gasteiger partial charge in [-0.1, -0.05) is 29.8 Å². The summed E-state index contributed by atoms with van der Waals surface area (Å²) in [5.74, 6) is 0.418. The molecule has 2 atom stereocenters. The highest BCUT2D eigenvalue weighted by Crippen LogP contribution is 2.26. The van der Waals surface area contributed by atoms with Gasteiger partial charge in [-0.3, -0.25) is 9.69 Å². The molecule has 23 heavy (non-hydrogen) atoms. The van der Waals surface area contributed by atoms with Gasteiger partial charge in [-0.05, 0) is 51.9 Å². The van der Waals surface area contributed by atoms with E-state index in [4.69, 9.17) is 4.74 Å². The molecule has 0 unspecified atom stereocenters. The lowest BCUT2D eigenvalue weighted by molar-refractivity contribution is -0.141. The zero-order valence-corrected chi connectivity index (χ0v) is 14.9. The second-order valence-electron chi connectivity index (χ2n) is 6.92. The maximum absolute atomic E-state index is 11.5. The van der Waals surface area contributed by atoms with Crippen molar-refractivity contribution in [3.05, 3.63) is 35.4 Å². The lowest BCUT2D eigenvalue weighted by Crippen LogP contribution is -2.48. The smallest absolute Gasteiger partial charge is 0.305 e. The highest BCUT2D eigenvalue weighted by Gasteiger charge is 2.30. The number of nitrogens with zero attached hydrogens (tertiary/aromatic N) is 2. The number of ether oxygens (including phenoxy) is 1. The molecule has 1 aromatic carbocycles. The average molecular weight is 318 g/mol. The number of carbonyl (C=O) groups excluding carboxylic acids is 1. The quantitative estimate of drug-likeness (QED) is 0.755. The molecule has 1 aliphatic heterocycles. The van der Waals surface area contributed by atoms with Crippen molar-refractivity contribution >= 4 is 5.97 Å². The van der Waals surface area contributed by atoms with E-state index >= 15 is 0 Å². The van der Waals surface area contributed by atoms with Gasteiger partial charge >= 0.3 is 5.97 Å². The zero-order chi connectivity index (χ0) is 16.8. The van der Waals surface area contributed by atoms with E-state index in [0.717, 1.165) is 32.5 Å². The Morgan fingerprint density at radius 2 is 2.17 bits per heavy atom. The Labute approximate surface area is 140 Å². The van der Waals surface area contributed by atoms with Gasteiger partial charge in [0, 0.05) is 25.6 Å². The first-order valence-corrected chi connectivity index (χ1v) is 8.50. The molecular formula is C19H30N2O2. The summed E-state index contributed by atoms with van der Waals surface area (Å²) in [4.78, 5) is 16.3. The zero-order valence-electron chi connectivity index (χ0n) is 14.9. The summed E-state index contributed by atoms with van der Waals surface area (Å²) in [6.45, 7) is 5.30. The number of piperidine rings is 1. The van der Waals surface area contributed by atoms with Crippen molar-refractivity contribution in [3.63, 3.8) is 0 Å². The minimum absolute atomic E-state index is 0.0988. The lowest BCUT2D eigenvalue weighted by Gasteiger charge is -2.41. The van der Waals surface area contributed by atoms with Crippen LogP contribution in [0.4, 0.5) is 0 Å². The number of hydrogen-bond donors (Lipinski definition) is 0. The van der Waals surface area contributed by atoms with Gasteiger partial charge in [-0.15, -0.1) is 0 Å². The fourth-order valence-electron chi connectivity index (χ4n) is 3.68. The molecule has 1 saturated heterocycles. The normalized spacial score (nSPS) is 22.3. The summed E-state index contributed by atoms with van der Waals surface area (Å²) in [7, 11) is 5.76. The van der Waals surface area contributed by atoms with Crippen LogP contribution in [-0.2, 0) is 16.1 Å². The van der Waals surface area contributed by atoms with Crippen molar-refractivity contribution in [1.82, 2.24) is 9.80 Å². The fourth-order valence-corrected chi connectivity index (χ4v) is 3.68. The number of hydrogen-bond acceptors (Lipinski definition) is 4. The van der Waals surface area contributed by atoms with Crippen LogP contribution in [0.1, 0.15) is 30.4 Å². The van der Waals surface area contributed by atoms with Crippen LogP contribution >= 0.6 is 0 Å². The maximum Gasteiger partial charge on any atom is 0.305 e. The van der Waals surface area contributed by atoms with Gasteiger partial charge in [0.1, 0.15) is 0 Å². The molecule has 4 heteroatoms. The summed E-state index contributed by atoms with van der Waals surface area (Å²) < 4.78 is 4.81. The first-order valence-electron chi connectivity index (χ1n) is 8.50. The lowest BCUT2D eigenvalue weighted by atomic mass is 9.87. The van der Waals surface area contributed by atoms with E-state index in [2.05, 4.69) is 55.1 Å². The standard InChI is InChI=1S/C19H30N2O2/c1-15-6-5-7-16(12-15)13-21-11-10-18(20(2)3)17(14-21)8-9-19(22)23-4/h5-7,12,17-18H,8-11,13-14H2,1-4H3/t17-,18+/m0/s1. The van der Waals surface area contributed by atoms with Crippen molar-refractivity contribution in [3.8, 4) is 0 Å². The molecule has 0 radical (unpaired) electrons. The maximum atomic E-state index is 11.5. The van der Waals surface area contributed by atoms with Gasteiger partial charge in [0.25, 0.3) is 0 Å². The molecule has 0 aliphatic carbocycles. The van der Waals surface area contributed by atoms with Gasteiger partial charge in [0.05, 0.1) is 7.11 Å². The van der Waals surface area contributed by atoms with Crippen molar-refractivity contribution in [2.75, 3.05) is 34.3 Å². The molecule has 1 heterocycles. The van der Waals surface area contributed by atoms with Crippen LogP contribution < -0.4 is 0 Å². The highest BCUT2D eigenvalue weighted by molar-refractivity contribution is 5.69. The summed E-state index contributed by atoms with van der Waals surface area (Å²) in [6, 6.07) is 9.29. The van der Waals surface area contributed by atoms with Crippen LogP contribution in [0.2, 0.25) is 0 Å². The molecular weight excluding hydrogens is 288 g/mol. The van der Waals surface area contributed by atoms with Gasteiger partial charge in [-0.2, -0.15) is 0 Å². The predicted octanol–water partition coefficient (Wildman–Crippen LogP) is 2.70. The second-order valence-corrected chi connectivity index (χ2v) is 6.92. The Balaban J connectivity index is 1.97. The summed E-state index contributed by atoms with van der Waals surface area (Å²) in [5.41, 5.74) is 2.69. The SMILES string of the molecule is COC(=O)CC[C@H]1CN(Cc2cccc(C)c2)CC[C@H]1N(C)C. The number of methoxy groups -OCH3 is 1. The molecule has 1 aliphatic rings. The minimum Gasteiger partial charge on any atom is -0.469 e. The van der Waals surface area contributed by atoms with Crippen LogP contribution in [0.25, 0.3) is 0 Å². The van der Waals surface area contributed by atoms with Crippen molar-refractivity contribution in [2.45, 2.75) is 38.8 Å². The number of esters is 1. The Kier molecular flexibility index (Phi) is 6.60. The highest BCUT2D eigenvalue weighted by atomic mass is 16.5. The number of likely N-dealkylation sites (tertiary alicyclic amines) is 1. The molecule has 0 aromatic heterocycles. The minimum atomic E-state index is -0.0988. The fraction of sp³-hybridized carbons (Fsp3) is 0.632. The van der Waals surface area contributed by atoms with E-state index in [1.54, 1.807) is 0 Å².